The van der Waals surface area contributed by atoms with Gasteiger partial charge < -0.3 is 15.1 Å². The number of halogens is 2. The molecule has 1 aromatic carbocycles. The first-order chi connectivity index (χ1) is 11.8. The zero-order valence-electron chi connectivity index (χ0n) is 14.6. The molecule has 0 saturated carbocycles. The first-order valence-electron chi connectivity index (χ1n) is 8.09. The molecule has 1 heterocycles. The number of alkyl halides is 2. The van der Waals surface area contributed by atoms with Crippen molar-refractivity contribution in [2.45, 2.75) is 45.2 Å². The molecule has 0 aliphatic rings. The lowest BCUT2D eigenvalue weighted by Crippen LogP contribution is -2.15. The molecule has 2 aromatic rings. The minimum absolute atomic E-state index is 0.291. The van der Waals surface area contributed by atoms with Crippen molar-refractivity contribution < 1.29 is 23.4 Å². The molecule has 0 fully saturated rings. The van der Waals surface area contributed by atoms with Crippen LogP contribution in [0.2, 0.25) is 0 Å². The van der Waals surface area contributed by atoms with Crippen LogP contribution in [0, 0.1) is 0 Å². The number of carbonyl (C=O) groups excluding carboxylic acids is 1. The molecule has 0 unspecified atom stereocenters. The summed E-state index contributed by atoms with van der Waals surface area (Å²) in [4.78, 5) is 29.3. The molecule has 0 saturated heterocycles. The zero-order valence-corrected chi connectivity index (χ0v) is 16.3. The molecule has 3 N–H and O–H groups in total. The van der Waals surface area contributed by atoms with Gasteiger partial charge in [-0.25, -0.2) is 0 Å². The molecule has 0 bridgehead atoms. The molecular weight excluding hydrogens is 367 g/mol. The van der Waals surface area contributed by atoms with Crippen LogP contribution in [0.15, 0.2) is 24.3 Å². The number of fused-ring (bicyclic) bond motifs is 1. The van der Waals surface area contributed by atoms with Crippen molar-refractivity contribution in [2.24, 2.45) is 0 Å². The molecule has 140 valence electrons. The molecule has 0 radical (unpaired) electrons. The molecule has 0 spiro atoms. The van der Waals surface area contributed by atoms with Gasteiger partial charge in [0.1, 0.15) is 0 Å². The average Bonchev–Trinajstić information content (AvgIpc) is 3.02. The van der Waals surface area contributed by atoms with Crippen LogP contribution in [0.5, 0.6) is 0 Å². The minimum atomic E-state index is -3.68. The summed E-state index contributed by atoms with van der Waals surface area (Å²) in [5.74, 6) is -0.291. The molecule has 0 aliphatic carbocycles. The van der Waals surface area contributed by atoms with Gasteiger partial charge in [-0.05, 0) is 23.6 Å². The van der Waals surface area contributed by atoms with E-state index in [9.17, 15) is 13.6 Å². The Hall–Kier alpha value is -1.14. The van der Waals surface area contributed by atoms with E-state index in [-0.39, 0.29) is 5.91 Å². The number of hydrogen-bond acceptors (Lipinski definition) is 4. The Morgan fingerprint density at radius 3 is 2.28 bits per heavy atom. The smallest absolute Gasteiger partial charge is 0.339 e. The van der Waals surface area contributed by atoms with Crippen LogP contribution < -0.4 is 5.32 Å². The lowest BCUT2D eigenvalue weighted by Gasteiger charge is -2.17. The highest BCUT2D eigenvalue weighted by Crippen LogP contribution is 2.53. The predicted octanol–water partition coefficient (Wildman–Crippen LogP) is 5.19. The summed E-state index contributed by atoms with van der Waals surface area (Å²) in [6.07, 6.45) is 5.54. The van der Waals surface area contributed by atoms with Crippen LogP contribution in [-0.4, -0.2) is 22.7 Å². The molecule has 4 nitrogen and oxygen atoms in total. The Bertz CT molecular complexity index is 688. The number of unbranched alkanes of at least 4 members (excludes halogenated alkanes) is 3. The standard InChI is InChI=1S/C11H10F2NO3PS.C6H14/c1-14-10(15)9-5-6-4-7(2-3-8(6)19-9)11(12,13)18(16)17;1-3-5-6-4-2/h2-5,16-17H,1H3,(H,14,15);3-6H2,1-2H3. The zero-order chi connectivity index (χ0) is 19.0. The molecule has 2 rings (SSSR count). The topological polar surface area (TPSA) is 69.6 Å². The van der Waals surface area contributed by atoms with Gasteiger partial charge in [-0.15, -0.1) is 11.3 Å². The lowest BCUT2D eigenvalue weighted by molar-refractivity contribution is 0.0734. The number of carbonyl (C=O) groups is 1. The number of amides is 1. The fourth-order valence-corrected chi connectivity index (χ4v) is 3.44. The first kappa shape index (κ1) is 21.9. The van der Waals surface area contributed by atoms with Crippen molar-refractivity contribution >= 4 is 35.7 Å². The molecule has 25 heavy (non-hydrogen) atoms. The Balaban J connectivity index is 0.000000450. The SMILES string of the molecule is CCCCCC.CNC(=O)c1cc2cc(C(F)(F)P(O)O)ccc2s1. The normalized spacial score (nSPS) is 11.4. The third-order valence-corrected chi connectivity index (χ3v) is 5.40. The average molecular weight is 391 g/mol. The monoisotopic (exact) mass is 391 g/mol. The highest BCUT2D eigenvalue weighted by molar-refractivity contribution is 7.46. The van der Waals surface area contributed by atoms with E-state index in [1.807, 2.05) is 0 Å². The Morgan fingerprint density at radius 1 is 1.20 bits per heavy atom. The van der Waals surface area contributed by atoms with Crippen LogP contribution >= 0.6 is 19.7 Å². The predicted molar refractivity (Wildman–Crippen MR) is 100 cm³/mol. The van der Waals surface area contributed by atoms with Gasteiger partial charge in [0.2, 0.25) is 8.38 Å². The van der Waals surface area contributed by atoms with Crippen molar-refractivity contribution in [3.8, 4) is 0 Å². The summed E-state index contributed by atoms with van der Waals surface area (Å²) in [5, 5.41) is 2.92. The van der Waals surface area contributed by atoms with Gasteiger partial charge >= 0.3 is 5.66 Å². The van der Waals surface area contributed by atoms with Crippen molar-refractivity contribution in [1.29, 1.82) is 0 Å². The van der Waals surface area contributed by atoms with Crippen LogP contribution in [0.1, 0.15) is 54.8 Å². The second kappa shape index (κ2) is 10.1. The van der Waals surface area contributed by atoms with E-state index in [0.29, 0.717) is 15.0 Å². The van der Waals surface area contributed by atoms with Crippen molar-refractivity contribution in [3.63, 3.8) is 0 Å². The summed E-state index contributed by atoms with van der Waals surface area (Å²) in [5.41, 5.74) is -4.16. The lowest BCUT2D eigenvalue weighted by atomic mass is 10.1. The van der Waals surface area contributed by atoms with E-state index in [1.165, 1.54) is 62.3 Å². The van der Waals surface area contributed by atoms with Crippen LogP contribution in [0.3, 0.4) is 0 Å². The van der Waals surface area contributed by atoms with E-state index < -0.39 is 19.6 Å². The minimum Gasteiger partial charge on any atom is -0.354 e. The second-order valence-electron chi connectivity index (χ2n) is 5.48. The number of nitrogens with one attached hydrogen (secondary N) is 1. The molecule has 1 amide bonds. The number of rotatable bonds is 6. The van der Waals surface area contributed by atoms with Gasteiger partial charge in [-0.3, -0.25) is 4.79 Å². The fourth-order valence-electron chi connectivity index (χ4n) is 2.08. The third-order valence-electron chi connectivity index (χ3n) is 3.52. The van der Waals surface area contributed by atoms with Crippen LogP contribution in [-0.2, 0) is 5.66 Å². The highest BCUT2D eigenvalue weighted by Gasteiger charge is 2.41. The van der Waals surface area contributed by atoms with Crippen molar-refractivity contribution in [1.82, 2.24) is 5.32 Å². The van der Waals surface area contributed by atoms with Gasteiger partial charge in [0.15, 0.2) is 0 Å². The second-order valence-corrected chi connectivity index (χ2v) is 7.70. The number of thiophene rings is 1. The van der Waals surface area contributed by atoms with Gasteiger partial charge in [-0.1, -0.05) is 45.6 Å². The Labute approximate surface area is 151 Å². The molecular formula is C17H24F2NO3PS. The largest absolute Gasteiger partial charge is 0.354 e. The summed E-state index contributed by atoms with van der Waals surface area (Å²) in [6.45, 7) is 4.46. The van der Waals surface area contributed by atoms with Gasteiger partial charge in [0, 0.05) is 17.3 Å². The third kappa shape index (κ3) is 5.96. The molecule has 8 heteroatoms. The van der Waals surface area contributed by atoms with E-state index in [1.54, 1.807) is 0 Å². The number of hydrogen-bond donors (Lipinski definition) is 3. The summed E-state index contributed by atoms with van der Waals surface area (Å²) >= 11 is 1.18. The van der Waals surface area contributed by atoms with E-state index in [4.69, 9.17) is 9.79 Å². The van der Waals surface area contributed by atoms with Gasteiger partial charge in [0.25, 0.3) is 5.91 Å². The maximum absolute atomic E-state index is 13.5. The van der Waals surface area contributed by atoms with Crippen molar-refractivity contribution in [3.05, 3.63) is 34.7 Å². The Kier molecular flexibility index (Phi) is 8.86. The van der Waals surface area contributed by atoms with E-state index in [2.05, 4.69) is 19.2 Å². The molecule has 1 aromatic heterocycles. The van der Waals surface area contributed by atoms with E-state index in [0.717, 1.165) is 6.07 Å². The molecule has 0 atom stereocenters. The van der Waals surface area contributed by atoms with Crippen LogP contribution in [0.4, 0.5) is 8.78 Å². The Morgan fingerprint density at radius 2 is 1.80 bits per heavy atom. The fraction of sp³-hybridized carbons (Fsp3) is 0.471. The quantitative estimate of drug-likeness (QED) is 0.469. The maximum atomic E-state index is 13.5. The first-order valence-corrected chi connectivity index (χ1v) is 10.2. The highest BCUT2D eigenvalue weighted by atomic mass is 32.1. The molecule has 0 aliphatic heterocycles. The van der Waals surface area contributed by atoms with Crippen molar-refractivity contribution in [2.75, 3.05) is 7.05 Å². The van der Waals surface area contributed by atoms with E-state index >= 15 is 0 Å². The van der Waals surface area contributed by atoms with Gasteiger partial charge in [0.05, 0.1) is 4.88 Å². The summed E-state index contributed by atoms with van der Waals surface area (Å²) in [6, 6.07) is 5.23. The number of benzene rings is 1. The summed E-state index contributed by atoms with van der Waals surface area (Å²) in [7, 11) is -1.91. The maximum Gasteiger partial charge on any atom is 0.339 e. The summed E-state index contributed by atoms with van der Waals surface area (Å²) < 4.78 is 27.7. The van der Waals surface area contributed by atoms with Crippen LogP contribution in [0.25, 0.3) is 10.1 Å². The van der Waals surface area contributed by atoms with Gasteiger partial charge in [-0.2, -0.15) is 8.78 Å².